The van der Waals surface area contributed by atoms with Crippen LogP contribution in [0, 0.1) is 0 Å². The van der Waals surface area contributed by atoms with Gasteiger partial charge in [0.15, 0.2) is 5.17 Å². The molecule has 11 heteroatoms. The van der Waals surface area contributed by atoms with Gasteiger partial charge >= 0.3 is 0 Å². The largest absolute Gasteiger partial charge is 0.497 e. The van der Waals surface area contributed by atoms with Gasteiger partial charge in [0, 0.05) is 29.4 Å². The smallest absolute Gasteiger partial charge is 0.243 e. The summed E-state index contributed by atoms with van der Waals surface area (Å²) in [5, 5.41) is 16.2. The first-order chi connectivity index (χ1) is 21.6. The highest BCUT2D eigenvalue weighted by Gasteiger charge is 2.39. The van der Waals surface area contributed by atoms with Gasteiger partial charge in [-0.15, -0.1) is 5.10 Å². The number of nitrogens with zero attached hydrogens (tertiary/aromatic N) is 5. The minimum atomic E-state index is -0.669. The van der Waals surface area contributed by atoms with Crippen LogP contribution in [0.15, 0.2) is 124 Å². The highest BCUT2D eigenvalue weighted by Crippen LogP contribution is 2.32. The van der Waals surface area contributed by atoms with E-state index in [0.29, 0.717) is 22.4 Å². The van der Waals surface area contributed by atoms with Crippen molar-refractivity contribution in [2.75, 3.05) is 12.4 Å². The van der Waals surface area contributed by atoms with Crippen molar-refractivity contribution < 1.29 is 18.7 Å². The summed E-state index contributed by atoms with van der Waals surface area (Å²) in [5.41, 5.74) is 3.96. The molecule has 1 aliphatic rings. The SMILES string of the molecule is COc1ccc(NC(=O)CC2S/C(=N\N=C\c3cn(-c4ccccc4)nc3-c3ccccc3)N(Cc3ccco3)C2=O)cc1. The number of para-hydroxylation sites is 1. The van der Waals surface area contributed by atoms with Crippen LogP contribution in [0.25, 0.3) is 16.9 Å². The van der Waals surface area contributed by atoms with Crippen molar-refractivity contribution in [1.29, 1.82) is 0 Å². The lowest BCUT2D eigenvalue weighted by Crippen LogP contribution is -2.33. The Labute approximate surface area is 258 Å². The van der Waals surface area contributed by atoms with Crippen LogP contribution in [0.1, 0.15) is 17.7 Å². The van der Waals surface area contributed by atoms with E-state index in [1.165, 1.54) is 16.7 Å². The Morgan fingerprint density at radius 1 is 1.02 bits per heavy atom. The molecule has 6 rings (SSSR count). The number of thioether (sulfide) groups is 1. The topological polar surface area (TPSA) is 114 Å². The Hall–Kier alpha value is -5.42. The van der Waals surface area contributed by atoms with Crippen molar-refractivity contribution >= 4 is 40.6 Å². The van der Waals surface area contributed by atoms with Crippen molar-refractivity contribution in [3.63, 3.8) is 0 Å². The first kappa shape index (κ1) is 28.7. The first-order valence-electron chi connectivity index (χ1n) is 13.8. The number of furan rings is 1. The number of carbonyl (C=O) groups excluding carboxylic acids is 2. The number of amides is 2. The molecule has 1 N–H and O–H groups in total. The fourth-order valence-corrected chi connectivity index (χ4v) is 5.72. The zero-order valence-corrected chi connectivity index (χ0v) is 24.6. The van der Waals surface area contributed by atoms with Crippen LogP contribution in [-0.2, 0) is 16.1 Å². The molecule has 0 saturated carbocycles. The van der Waals surface area contributed by atoms with Gasteiger partial charge in [-0.05, 0) is 48.5 Å². The maximum Gasteiger partial charge on any atom is 0.243 e. The number of amidine groups is 1. The molecule has 10 nitrogen and oxygen atoms in total. The molecule has 0 bridgehead atoms. The number of carbonyl (C=O) groups is 2. The van der Waals surface area contributed by atoms with Crippen molar-refractivity contribution in [2.45, 2.75) is 18.2 Å². The molecule has 1 atom stereocenters. The molecule has 1 saturated heterocycles. The van der Waals surface area contributed by atoms with E-state index in [-0.39, 0.29) is 24.8 Å². The molecule has 0 aliphatic carbocycles. The highest BCUT2D eigenvalue weighted by molar-refractivity contribution is 8.15. The van der Waals surface area contributed by atoms with Crippen LogP contribution in [0.3, 0.4) is 0 Å². The zero-order valence-electron chi connectivity index (χ0n) is 23.7. The number of ether oxygens (including phenoxy) is 1. The molecule has 1 aliphatic heterocycles. The summed E-state index contributed by atoms with van der Waals surface area (Å²) in [6.07, 6.45) is 5.03. The normalized spacial score (nSPS) is 15.8. The summed E-state index contributed by atoms with van der Waals surface area (Å²) in [4.78, 5) is 27.8. The predicted octanol–water partition coefficient (Wildman–Crippen LogP) is 6.00. The second-order valence-corrected chi connectivity index (χ2v) is 11.0. The number of methoxy groups -OCH3 is 1. The Balaban J connectivity index is 1.24. The van der Waals surface area contributed by atoms with Gasteiger partial charge in [0.05, 0.1) is 31.8 Å². The van der Waals surface area contributed by atoms with Crippen LogP contribution in [0.4, 0.5) is 5.69 Å². The van der Waals surface area contributed by atoms with E-state index in [4.69, 9.17) is 14.3 Å². The van der Waals surface area contributed by atoms with Gasteiger partial charge in [0.2, 0.25) is 11.8 Å². The van der Waals surface area contributed by atoms with Crippen LogP contribution in [0.2, 0.25) is 0 Å². The minimum absolute atomic E-state index is 0.0328. The standard InChI is InChI=1S/C33H28N6O4S/c1-42-27-16-14-25(15-17-27)35-30(40)19-29-32(41)38(22-28-13-8-18-43-28)33(44-29)36-34-20-24-21-39(26-11-6-3-7-12-26)37-31(24)23-9-4-2-5-10-23/h2-18,20-21,29H,19,22H2,1H3,(H,35,40)/b34-20+,36-33-. The third-order valence-electron chi connectivity index (χ3n) is 6.81. The van der Waals surface area contributed by atoms with E-state index in [1.54, 1.807) is 60.7 Å². The number of nitrogens with one attached hydrogen (secondary N) is 1. The van der Waals surface area contributed by atoms with Gasteiger partial charge in [-0.2, -0.15) is 10.2 Å². The van der Waals surface area contributed by atoms with Crippen LogP contribution >= 0.6 is 11.8 Å². The average Bonchev–Trinajstić information content (AvgIpc) is 3.80. The molecule has 44 heavy (non-hydrogen) atoms. The van der Waals surface area contributed by atoms with Gasteiger partial charge < -0.3 is 14.5 Å². The van der Waals surface area contributed by atoms with Crippen LogP contribution < -0.4 is 10.1 Å². The molecule has 220 valence electrons. The summed E-state index contributed by atoms with van der Waals surface area (Å²) in [6, 6.07) is 30.2. The van der Waals surface area contributed by atoms with Gasteiger partial charge in [-0.1, -0.05) is 60.3 Å². The number of hydrogen-bond donors (Lipinski definition) is 1. The van der Waals surface area contributed by atoms with Gasteiger partial charge in [0.25, 0.3) is 0 Å². The predicted molar refractivity (Wildman–Crippen MR) is 171 cm³/mol. The maximum absolute atomic E-state index is 13.5. The Morgan fingerprint density at radius 3 is 2.48 bits per heavy atom. The van der Waals surface area contributed by atoms with Gasteiger partial charge in [-0.25, -0.2) is 4.68 Å². The molecule has 1 fully saturated rings. The van der Waals surface area contributed by atoms with E-state index in [2.05, 4.69) is 15.5 Å². The Kier molecular flexibility index (Phi) is 8.65. The second-order valence-electron chi connectivity index (χ2n) is 9.80. The fourth-order valence-electron chi connectivity index (χ4n) is 4.63. The van der Waals surface area contributed by atoms with Crippen LogP contribution in [-0.4, -0.2) is 50.2 Å². The van der Waals surface area contributed by atoms with Gasteiger partial charge in [-0.3, -0.25) is 14.5 Å². The van der Waals surface area contributed by atoms with E-state index in [9.17, 15) is 9.59 Å². The molecule has 0 spiro atoms. The number of rotatable bonds is 10. The molecular weight excluding hydrogens is 576 g/mol. The monoisotopic (exact) mass is 604 g/mol. The van der Waals surface area contributed by atoms with E-state index >= 15 is 0 Å². The lowest BCUT2D eigenvalue weighted by molar-refractivity contribution is -0.128. The highest BCUT2D eigenvalue weighted by atomic mass is 32.2. The number of benzene rings is 3. The van der Waals surface area contributed by atoms with Crippen molar-refractivity contribution in [3.8, 4) is 22.7 Å². The molecular formula is C33H28N6O4S. The number of anilines is 1. The van der Waals surface area contributed by atoms with E-state index < -0.39 is 5.25 Å². The first-order valence-corrected chi connectivity index (χ1v) is 14.7. The minimum Gasteiger partial charge on any atom is -0.497 e. The average molecular weight is 605 g/mol. The molecule has 5 aromatic rings. The summed E-state index contributed by atoms with van der Waals surface area (Å²) in [7, 11) is 1.58. The Morgan fingerprint density at radius 2 is 1.77 bits per heavy atom. The zero-order chi connectivity index (χ0) is 30.3. The van der Waals surface area contributed by atoms with Crippen LogP contribution in [0.5, 0.6) is 5.75 Å². The van der Waals surface area contributed by atoms with E-state index in [1.807, 2.05) is 66.9 Å². The third kappa shape index (κ3) is 6.63. The quantitative estimate of drug-likeness (QED) is 0.154. The number of aromatic nitrogens is 2. The molecule has 2 amide bonds. The molecule has 3 heterocycles. The lowest BCUT2D eigenvalue weighted by atomic mass is 10.1. The van der Waals surface area contributed by atoms with E-state index in [0.717, 1.165) is 22.5 Å². The molecule has 1 unspecified atom stereocenters. The summed E-state index contributed by atoms with van der Waals surface area (Å²) in [6.45, 7) is 0.172. The summed E-state index contributed by atoms with van der Waals surface area (Å²) < 4.78 is 12.5. The van der Waals surface area contributed by atoms with Crippen molar-refractivity contribution in [2.24, 2.45) is 10.2 Å². The molecule has 2 aromatic heterocycles. The lowest BCUT2D eigenvalue weighted by Gasteiger charge is -2.14. The maximum atomic E-state index is 13.5. The summed E-state index contributed by atoms with van der Waals surface area (Å²) in [5.74, 6) is 0.744. The van der Waals surface area contributed by atoms with Crippen molar-refractivity contribution in [3.05, 3.63) is 121 Å². The summed E-state index contributed by atoms with van der Waals surface area (Å²) >= 11 is 1.20. The molecule has 0 radical (unpaired) electrons. The fraction of sp³-hybridized carbons (Fsp3) is 0.121. The van der Waals surface area contributed by atoms with Gasteiger partial charge in [0.1, 0.15) is 22.5 Å². The third-order valence-corrected chi connectivity index (χ3v) is 7.97. The number of hydrogen-bond acceptors (Lipinski definition) is 8. The molecule has 3 aromatic carbocycles. The second kappa shape index (κ2) is 13.3. The van der Waals surface area contributed by atoms with Crippen molar-refractivity contribution in [1.82, 2.24) is 14.7 Å². The Bertz CT molecular complexity index is 1790.